The zero-order valence-electron chi connectivity index (χ0n) is 10.2. The Balaban J connectivity index is 2.97. The molecular formula is C10H16N4O2S2. The fraction of sp³-hybridized carbons (Fsp3) is 0.400. The van der Waals surface area contributed by atoms with Crippen molar-refractivity contribution in [1.29, 1.82) is 0 Å². The molecule has 0 amide bonds. The Morgan fingerprint density at radius 2 is 2.11 bits per heavy atom. The number of pyridine rings is 1. The predicted octanol–water partition coefficient (Wildman–Crippen LogP) is 0.0330. The van der Waals surface area contributed by atoms with Gasteiger partial charge in [-0.1, -0.05) is 12.2 Å². The number of aryl methyl sites for hydroxylation is 2. The van der Waals surface area contributed by atoms with Crippen LogP contribution in [0.15, 0.2) is 6.07 Å². The first-order chi connectivity index (χ1) is 8.20. The van der Waals surface area contributed by atoms with Gasteiger partial charge in [0.05, 0.1) is 11.3 Å². The molecule has 1 aromatic rings. The van der Waals surface area contributed by atoms with Crippen molar-refractivity contribution in [1.82, 2.24) is 4.98 Å². The van der Waals surface area contributed by atoms with Gasteiger partial charge in [-0.3, -0.25) is 0 Å². The van der Waals surface area contributed by atoms with E-state index in [4.69, 9.17) is 23.1 Å². The first-order valence-corrected chi connectivity index (χ1v) is 7.35. The third-order valence-electron chi connectivity index (χ3n) is 2.27. The molecule has 100 valence electrons. The van der Waals surface area contributed by atoms with Crippen molar-refractivity contribution in [3.63, 3.8) is 0 Å². The summed E-state index contributed by atoms with van der Waals surface area (Å²) in [5.41, 5.74) is 7.95. The Labute approximate surface area is 112 Å². The number of rotatable bonds is 5. The van der Waals surface area contributed by atoms with Crippen molar-refractivity contribution in [2.75, 3.05) is 17.6 Å². The van der Waals surface area contributed by atoms with Crippen LogP contribution in [0, 0.1) is 13.8 Å². The van der Waals surface area contributed by atoms with Gasteiger partial charge in [-0.25, -0.2) is 18.5 Å². The predicted molar refractivity (Wildman–Crippen MR) is 76.1 cm³/mol. The average Bonchev–Trinajstić information content (AvgIpc) is 2.13. The largest absolute Gasteiger partial charge is 0.389 e. The lowest BCUT2D eigenvalue weighted by Crippen LogP contribution is -2.24. The number of hydrogen-bond acceptors (Lipinski definition) is 5. The molecule has 5 N–H and O–H groups in total. The Morgan fingerprint density at radius 1 is 1.50 bits per heavy atom. The molecule has 1 rings (SSSR count). The molecule has 0 spiro atoms. The third-order valence-corrected chi connectivity index (χ3v) is 3.25. The van der Waals surface area contributed by atoms with Crippen LogP contribution in [0.25, 0.3) is 0 Å². The Hall–Kier alpha value is -1.25. The number of aromatic nitrogens is 1. The lowest BCUT2D eigenvalue weighted by atomic mass is 10.1. The van der Waals surface area contributed by atoms with Gasteiger partial charge in [0.2, 0.25) is 10.0 Å². The molecule has 0 radical (unpaired) electrons. The Kier molecular flexibility index (Phi) is 4.60. The van der Waals surface area contributed by atoms with Crippen LogP contribution in [-0.4, -0.2) is 30.7 Å². The molecule has 0 atom stereocenters. The second kappa shape index (κ2) is 5.59. The minimum absolute atomic E-state index is 0.157. The molecule has 0 fully saturated rings. The lowest BCUT2D eigenvalue weighted by Gasteiger charge is -2.13. The van der Waals surface area contributed by atoms with Crippen LogP contribution in [0.2, 0.25) is 0 Å². The molecule has 0 saturated carbocycles. The summed E-state index contributed by atoms with van der Waals surface area (Å²) in [5.74, 6) is 0.307. The molecule has 1 heterocycles. The number of thiocarbonyl (C=S) groups is 1. The summed E-state index contributed by atoms with van der Waals surface area (Å²) >= 11 is 4.96. The van der Waals surface area contributed by atoms with Gasteiger partial charge in [0.25, 0.3) is 0 Å². The van der Waals surface area contributed by atoms with Crippen LogP contribution in [0.3, 0.4) is 0 Å². The monoisotopic (exact) mass is 288 g/mol. The summed E-state index contributed by atoms with van der Waals surface area (Å²) < 4.78 is 21.7. The van der Waals surface area contributed by atoms with Gasteiger partial charge in [0, 0.05) is 12.2 Å². The van der Waals surface area contributed by atoms with E-state index in [1.807, 2.05) is 19.9 Å². The van der Waals surface area contributed by atoms with E-state index >= 15 is 0 Å². The molecular weight excluding hydrogens is 272 g/mol. The van der Waals surface area contributed by atoms with Crippen molar-refractivity contribution in [2.45, 2.75) is 13.8 Å². The van der Waals surface area contributed by atoms with Crippen LogP contribution in [0.4, 0.5) is 5.82 Å². The van der Waals surface area contributed by atoms with Gasteiger partial charge in [0.15, 0.2) is 0 Å². The number of sulfonamides is 1. The van der Waals surface area contributed by atoms with E-state index in [1.54, 1.807) is 0 Å². The van der Waals surface area contributed by atoms with Gasteiger partial charge in [-0.2, -0.15) is 0 Å². The number of anilines is 1. The summed E-state index contributed by atoms with van der Waals surface area (Å²) in [6, 6.07) is 1.86. The topological polar surface area (TPSA) is 111 Å². The maximum Gasteiger partial charge on any atom is 0.210 e. The van der Waals surface area contributed by atoms with Crippen LogP contribution in [-0.2, 0) is 10.0 Å². The molecule has 0 unspecified atom stereocenters. The molecule has 18 heavy (non-hydrogen) atoms. The van der Waals surface area contributed by atoms with Crippen molar-refractivity contribution in [3.05, 3.63) is 22.9 Å². The van der Waals surface area contributed by atoms with Crippen LogP contribution in [0.5, 0.6) is 0 Å². The SMILES string of the molecule is Cc1cc(C)c(C(N)=S)c(NCCS(N)(=O)=O)n1. The maximum absolute atomic E-state index is 10.8. The first-order valence-electron chi connectivity index (χ1n) is 5.23. The van der Waals surface area contributed by atoms with E-state index in [0.717, 1.165) is 11.3 Å². The Morgan fingerprint density at radius 3 is 2.61 bits per heavy atom. The number of primary sulfonamides is 1. The van der Waals surface area contributed by atoms with Gasteiger partial charge >= 0.3 is 0 Å². The first kappa shape index (κ1) is 14.8. The minimum atomic E-state index is -3.50. The molecule has 0 aliphatic carbocycles. The average molecular weight is 288 g/mol. The van der Waals surface area contributed by atoms with E-state index in [9.17, 15) is 8.42 Å². The normalized spacial score (nSPS) is 11.3. The Bertz CT molecular complexity index is 569. The molecule has 6 nitrogen and oxygen atoms in total. The molecule has 0 aliphatic heterocycles. The lowest BCUT2D eigenvalue weighted by molar-refractivity contribution is 0.598. The van der Waals surface area contributed by atoms with Crippen molar-refractivity contribution < 1.29 is 8.42 Å². The third kappa shape index (κ3) is 4.21. The number of nitrogens with zero attached hydrogens (tertiary/aromatic N) is 1. The standard InChI is InChI=1S/C10H16N4O2S2/c1-6-5-7(2)14-10(8(6)9(11)17)13-3-4-18(12,15)16/h5H,3-4H2,1-2H3,(H2,11,17)(H,13,14)(H2,12,15,16). The van der Waals surface area contributed by atoms with Gasteiger partial charge in [0.1, 0.15) is 10.8 Å². The molecule has 1 aromatic heterocycles. The zero-order valence-corrected chi connectivity index (χ0v) is 11.9. The fourth-order valence-corrected chi connectivity index (χ4v) is 2.23. The summed E-state index contributed by atoms with van der Waals surface area (Å²) in [6.45, 7) is 3.86. The smallest absolute Gasteiger partial charge is 0.210 e. The highest BCUT2D eigenvalue weighted by Gasteiger charge is 2.12. The van der Waals surface area contributed by atoms with E-state index < -0.39 is 10.0 Å². The van der Waals surface area contributed by atoms with Crippen molar-refractivity contribution >= 4 is 33.0 Å². The highest BCUT2D eigenvalue weighted by molar-refractivity contribution is 7.89. The highest BCUT2D eigenvalue weighted by Crippen LogP contribution is 2.18. The quantitative estimate of drug-likeness (QED) is 0.659. The van der Waals surface area contributed by atoms with E-state index in [-0.39, 0.29) is 17.3 Å². The fourth-order valence-electron chi connectivity index (χ4n) is 1.59. The minimum Gasteiger partial charge on any atom is -0.389 e. The van der Waals surface area contributed by atoms with E-state index in [1.165, 1.54) is 0 Å². The van der Waals surface area contributed by atoms with Gasteiger partial charge in [-0.05, 0) is 25.5 Å². The van der Waals surface area contributed by atoms with E-state index in [0.29, 0.717) is 11.4 Å². The summed E-state index contributed by atoms with van der Waals surface area (Å²) in [6.07, 6.45) is 0. The van der Waals surface area contributed by atoms with Crippen LogP contribution < -0.4 is 16.2 Å². The summed E-state index contributed by atoms with van der Waals surface area (Å²) in [7, 11) is -3.50. The highest BCUT2D eigenvalue weighted by atomic mass is 32.2. The molecule has 0 bridgehead atoms. The molecule has 0 aromatic carbocycles. The van der Waals surface area contributed by atoms with Crippen molar-refractivity contribution in [3.8, 4) is 0 Å². The van der Waals surface area contributed by atoms with Gasteiger partial charge in [-0.15, -0.1) is 0 Å². The van der Waals surface area contributed by atoms with Crippen molar-refractivity contribution in [2.24, 2.45) is 10.9 Å². The van der Waals surface area contributed by atoms with Crippen LogP contribution >= 0.6 is 12.2 Å². The summed E-state index contributed by atoms with van der Waals surface area (Å²) in [4.78, 5) is 4.48. The second-order valence-corrected chi connectivity index (χ2v) is 6.14. The maximum atomic E-state index is 10.8. The number of hydrogen-bond donors (Lipinski definition) is 3. The van der Waals surface area contributed by atoms with Gasteiger partial charge < -0.3 is 11.1 Å². The second-order valence-electron chi connectivity index (χ2n) is 3.96. The number of nitrogens with one attached hydrogen (secondary N) is 1. The summed E-state index contributed by atoms with van der Waals surface area (Å²) in [5, 5.41) is 7.81. The zero-order chi connectivity index (χ0) is 13.9. The molecule has 0 saturated heterocycles. The van der Waals surface area contributed by atoms with E-state index in [2.05, 4.69) is 10.3 Å². The number of nitrogens with two attached hydrogens (primary N) is 2. The van der Waals surface area contributed by atoms with Crippen LogP contribution in [0.1, 0.15) is 16.8 Å². The molecule has 8 heteroatoms. The molecule has 0 aliphatic rings.